The first-order valence-electron chi connectivity index (χ1n) is 8.25. The van der Waals surface area contributed by atoms with E-state index in [1.165, 1.54) is 12.1 Å². The van der Waals surface area contributed by atoms with Crippen LogP contribution in [0.2, 0.25) is 0 Å². The van der Waals surface area contributed by atoms with E-state index in [0.717, 1.165) is 44.4 Å². The standard InChI is InChI=1S/C18H28F2N4/c1-5-15(13-17(21)24(6-2)12-11-22-4)23-16-9-7-14(8-10-16)18(3,19)20/h7-10,13,21-23H,5-6,11-12H2,1-4H3/b15-13-,21-17?. The van der Waals surface area contributed by atoms with E-state index in [1.807, 2.05) is 25.8 Å². The number of rotatable bonds is 9. The van der Waals surface area contributed by atoms with Gasteiger partial charge in [-0.15, -0.1) is 0 Å². The van der Waals surface area contributed by atoms with Gasteiger partial charge < -0.3 is 15.5 Å². The minimum absolute atomic E-state index is 0.00737. The lowest BCUT2D eigenvalue weighted by Crippen LogP contribution is -2.34. The van der Waals surface area contributed by atoms with Crippen LogP contribution in [-0.4, -0.2) is 37.4 Å². The van der Waals surface area contributed by atoms with Crippen LogP contribution in [0.25, 0.3) is 0 Å². The molecule has 0 atom stereocenters. The Balaban J connectivity index is 2.80. The molecule has 0 unspecified atom stereocenters. The molecule has 4 nitrogen and oxygen atoms in total. The van der Waals surface area contributed by atoms with Crippen LogP contribution in [0.4, 0.5) is 14.5 Å². The first kappa shape index (κ1) is 20.1. The predicted molar refractivity (Wildman–Crippen MR) is 96.9 cm³/mol. The van der Waals surface area contributed by atoms with Gasteiger partial charge >= 0.3 is 0 Å². The molecule has 0 aliphatic rings. The van der Waals surface area contributed by atoms with Crippen molar-refractivity contribution in [2.75, 3.05) is 32.0 Å². The largest absolute Gasteiger partial charge is 0.359 e. The van der Waals surface area contributed by atoms with E-state index in [9.17, 15) is 8.78 Å². The molecule has 1 aromatic carbocycles. The van der Waals surface area contributed by atoms with Crippen LogP contribution >= 0.6 is 0 Å². The number of likely N-dealkylation sites (N-methyl/N-ethyl adjacent to an activating group) is 2. The molecule has 0 aliphatic carbocycles. The highest BCUT2D eigenvalue weighted by atomic mass is 19.3. The Kier molecular flexibility index (Phi) is 7.85. The number of alkyl halides is 2. The molecule has 0 aliphatic heterocycles. The number of hydrogen-bond acceptors (Lipinski definition) is 3. The Morgan fingerprint density at radius 2 is 1.88 bits per heavy atom. The summed E-state index contributed by atoms with van der Waals surface area (Å²) in [6, 6.07) is 6.12. The van der Waals surface area contributed by atoms with Crippen LogP contribution in [0.15, 0.2) is 36.0 Å². The molecule has 0 bridgehead atoms. The molecule has 1 aromatic rings. The maximum Gasteiger partial charge on any atom is 0.270 e. The Hall–Kier alpha value is -1.95. The van der Waals surface area contributed by atoms with Crippen molar-refractivity contribution in [3.8, 4) is 0 Å². The number of benzene rings is 1. The molecule has 0 spiro atoms. The average Bonchev–Trinajstić information content (AvgIpc) is 2.54. The zero-order chi connectivity index (χ0) is 18.2. The number of nitrogens with one attached hydrogen (secondary N) is 3. The first-order chi connectivity index (χ1) is 11.3. The van der Waals surface area contributed by atoms with Crippen LogP contribution < -0.4 is 10.6 Å². The van der Waals surface area contributed by atoms with Crippen molar-refractivity contribution in [3.63, 3.8) is 0 Å². The number of halogens is 2. The van der Waals surface area contributed by atoms with Crippen LogP contribution in [0.3, 0.4) is 0 Å². The van der Waals surface area contributed by atoms with Gasteiger partial charge in [-0.2, -0.15) is 0 Å². The highest BCUT2D eigenvalue weighted by Crippen LogP contribution is 2.28. The summed E-state index contributed by atoms with van der Waals surface area (Å²) in [7, 11) is 1.88. The van der Waals surface area contributed by atoms with Gasteiger partial charge in [0.15, 0.2) is 0 Å². The van der Waals surface area contributed by atoms with Crippen molar-refractivity contribution >= 4 is 11.5 Å². The zero-order valence-corrected chi connectivity index (χ0v) is 14.9. The molecule has 0 heterocycles. The fourth-order valence-corrected chi connectivity index (χ4v) is 2.21. The van der Waals surface area contributed by atoms with Crippen molar-refractivity contribution in [1.29, 1.82) is 5.41 Å². The number of nitrogens with zero attached hydrogens (tertiary/aromatic N) is 1. The quantitative estimate of drug-likeness (QED) is 0.471. The number of anilines is 1. The van der Waals surface area contributed by atoms with Gasteiger partial charge in [-0.3, -0.25) is 5.41 Å². The smallest absolute Gasteiger partial charge is 0.270 e. The summed E-state index contributed by atoms with van der Waals surface area (Å²) < 4.78 is 26.5. The molecule has 134 valence electrons. The average molecular weight is 338 g/mol. The fraction of sp³-hybridized carbons (Fsp3) is 0.500. The summed E-state index contributed by atoms with van der Waals surface area (Å²) in [4.78, 5) is 1.97. The second kappa shape index (κ2) is 9.37. The summed E-state index contributed by atoms with van der Waals surface area (Å²) in [6.07, 6.45) is 2.51. The lowest BCUT2D eigenvalue weighted by molar-refractivity contribution is 0.0175. The van der Waals surface area contributed by atoms with E-state index in [-0.39, 0.29) is 5.56 Å². The lowest BCUT2D eigenvalue weighted by Gasteiger charge is -2.22. The molecule has 0 saturated heterocycles. The third kappa shape index (κ3) is 6.28. The second-order valence-electron chi connectivity index (χ2n) is 5.68. The van der Waals surface area contributed by atoms with Crippen LogP contribution in [0.1, 0.15) is 32.8 Å². The predicted octanol–water partition coefficient (Wildman–Crippen LogP) is 4.02. The minimum atomic E-state index is -2.83. The summed E-state index contributed by atoms with van der Waals surface area (Å²) >= 11 is 0. The van der Waals surface area contributed by atoms with Gasteiger partial charge in [-0.25, -0.2) is 8.78 Å². The van der Waals surface area contributed by atoms with E-state index >= 15 is 0 Å². The molecule has 6 heteroatoms. The van der Waals surface area contributed by atoms with E-state index in [1.54, 1.807) is 18.2 Å². The van der Waals surface area contributed by atoms with E-state index in [2.05, 4.69) is 10.6 Å². The van der Waals surface area contributed by atoms with E-state index < -0.39 is 5.92 Å². The van der Waals surface area contributed by atoms with Gasteiger partial charge in [0.1, 0.15) is 5.84 Å². The maximum absolute atomic E-state index is 13.2. The molecule has 1 rings (SSSR count). The van der Waals surface area contributed by atoms with Gasteiger partial charge in [0.2, 0.25) is 0 Å². The van der Waals surface area contributed by atoms with Gasteiger partial charge in [0, 0.05) is 43.5 Å². The molecule has 0 fully saturated rings. The normalized spacial score (nSPS) is 12.2. The maximum atomic E-state index is 13.2. The van der Waals surface area contributed by atoms with Gasteiger partial charge in [0.25, 0.3) is 5.92 Å². The summed E-state index contributed by atoms with van der Waals surface area (Å²) in [6.45, 7) is 7.23. The zero-order valence-electron chi connectivity index (χ0n) is 14.9. The van der Waals surface area contributed by atoms with Crippen molar-refractivity contribution in [2.45, 2.75) is 33.1 Å². The SMILES string of the molecule is CC/C(=C/C(=N)N(CC)CCNC)Nc1ccc(C(C)(F)F)cc1. The summed E-state index contributed by atoms with van der Waals surface area (Å²) in [5, 5.41) is 14.5. The lowest BCUT2D eigenvalue weighted by atomic mass is 10.1. The van der Waals surface area contributed by atoms with Crippen molar-refractivity contribution < 1.29 is 8.78 Å². The molecule has 0 saturated carbocycles. The second-order valence-corrected chi connectivity index (χ2v) is 5.68. The molecular weight excluding hydrogens is 310 g/mol. The minimum Gasteiger partial charge on any atom is -0.359 e. The Morgan fingerprint density at radius 3 is 2.33 bits per heavy atom. The van der Waals surface area contributed by atoms with Crippen LogP contribution in [0.5, 0.6) is 0 Å². The van der Waals surface area contributed by atoms with Crippen LogP contribution in [-0.2, 0) is 5.92 Å². The Bertz CT molecular complexity index is 547. The topological polar surface area (TPSA) is 51.2 Å². The van der Waals surface area contributed by atoms with Crippen molar-refractivity contribution in [3.05, 3.63) is 41.6 Å². The monoisotopic (exact) mass is 338 g/mol. The molecule has 3 N–H and O–H groups in total. The third-order valence-corrected chi connectivity index (χ3v) is 3.74. The van der Waals surface area contributed by atoms with E-state index in [4.69, 9.17) is 5.41 Å². The van der Waals surface area contributed by atoms with Crippen LogP contribution in [0, 0.1) is 5.41 Å². The summed E-state index contributed by atoms with van der Waals surface area (Å²) in [5.41, 5.74) is 1.60. The summed E-state index contributed by atoms with van der Waals surface area (Å²) in [5.74, 6) is -2.40. The molecule has 0 amide bonds. The van der Waals surface area contributed by atoms with Gasteiger partial charge in [-0.1, -0.05) is 19.1 Å². The molecule has 0 radical (unpaired) electrons. The van der Waals surface area contributed by atoms with E-state index in [0.29, 0.717) is 5.84 Å². The molecule has 24 heavy (non-hydrogen) atoms. The van der Waals surface area contributed by atoms with Crippen molar-refractivity contribution in [2.24, 2.45) is 0 Å². The Morgan fingerprint density at radius 1 is 1.25 bits per heavy atom. The number of amidine groups is 1. The Labute approximate surface area is 143 Å². The van der Waals surface area contributed by atoms with Crippen molar-refractivity contribution in [1.82, 2.24) is 10.2 Å². The first-order valence-corrected chi connectivity index (χ1v) is 8.25. The molecular formula is C18H28F2N4. The molecule has 0 aromatic heterocycles. The highest BCUT2D eigenvalue weighted by molar-refractivity contribution is 5.91. The fourth-order valence-electron chi connectivity index (χ4n) is 2.21. The van der Waals surface area contributed by atoms with Gasteiger partial charge in [-0.05, 0) is 38.6 Å². The number of hydrogen-bond donors (Lipinski definition) is 3. The highest BCUT2D eigenvalue weighted by Gasteiger charge is 2.23. The van der Waals surface area contributed by atoms with Gasteiger partial charge in [0.05, 0.1) is 0 Å². The number of allylic oxidation sites excluding steroid dienone is 1. The third-order valence-electron chi connectivity index (χ3n) is 3.74.